The summed E-state index contributed by atoms with van der Waals surface area (Å²) in [6.07, 6.45) is 1.62. The van der Waals surface area contributed by atoms with E-state index in [0.29, 0.717) is 18.7 Å². The summed E-state index contributed by atoms with van der Waals surface area (Å²) in [6, 6.07) is 25.7. The largest absolute Gasteiger partial charge is 0.438 e. The molecule has 168 valence electrons. The van der Waals surface area contributed by atoms with Crippen LogP contribution >= 0.6 is 0 Å². The second-order valence-corrected chi connectivity index (χ2v) is 8.12. The number of aryl methyl sites for hydroxylation is 3. The highest BCUT2D eigenvalue weighted by atomic mass is 16.5. The first-order chi connectivity index (χ1) is 16.0. The Morgan fingerprint density at radius 2 is 1.73 bits per heavy atom. The molecule has 0 saturated heterocycles. The number of amides is 1. The molecule has 0 aliphatic rings. The van der Waals surface area contributed by atoms with Crippen LogP contribution in [0.1, 0.15) is 35.7 Å². The third kappa shape index (κ3) is 5.32. The van der Waals surface area contributed by atoms with Crippen LogP contribution in [0.4, 0.5) is 5.69 Å². The minimum absolute atomic E-state index is 0.0306. The SMILES string of the molecule is CCc1nn(-c2ccccc2)c(Oc2ccccc2C)c1CCC(=O)Nc1cccc(C)c1. The Morgan fingerprint density at radius 1 is 0.970 bits per heavy atom. The van der Waals surface area contributed by atoms with Crippen molar-refractivity contribution >= 4 is 11.6 Å². The maximum Gasteiger partial charge on any atom is 0.226 e. The van der Waals surface area contributed by atoms with Crippen molar-refractivity contribution in [3.8, 4) is 17.3 Å². The predicted octanol–water partition coefficient (Wildman–Crippen LogP) is 6.42. The number of aromatic nitrogens is 2. The van der Waals surface area contributed by atoms with Crippen LogP contribution in [0.2, 0.25) is 0 Å². The first-order valence-electron chi connectivity index (χ1n) is 11.3. The summed E-state index contributed by atoms with van der Waals surface area (Å²) in [6.45, 7) is 6.11. The highest BCUT2D eigenvalue weighted by Crippen LogP contribution is 2.33. The zero-order valence-electron chi connectivity index (χ0n) is 19.3. The summed E-state index contributed by atoms with van der Waals surface area (Å²) in [5.41, 5.74) is 5.78. The summed E-state index contributed by atoms with van der Waals surface area (Å²) >= 11 is 0. The first-order valence-corrected chi connectivity index (χ1v) is 11.3. The normalized spacial score (nSPS) is 10.8. The summed E-state index contributed by atoms with van der Waals surface area (Å²) in [4.78, 5) is 12.7. The number of nitrogens with one attached hydrogen (secondary N) is 1. The molecule has 1 N–H and O–H groups in total. The molecule has 0 aliphatic carbocycles. The number of hydrogen-bond acceptors (Lipinski definition) is 3. The summed E-state index contributed by atoms with van der Waals surface area (Å²) < 4.78 is 8.29. The number of hydrogen-bond donors (Lipinski definition) is 1. The van der Waals surface area contributed by atoms with E-state index in [2.05, 4.69) is 12.2 Å². The fraction of sp³-hybridized carbons (Fsp3) is 0.214. The lowest BCUT2D eigenvalue weighted by atomic mass is 10.1. The van der Waals surface area contributed by atoms with Gasteiger partial charge < -0.3 is 10.1 Å². The maximum absolute atomic E-state index is 12.7. The monoisotopic (exact) mass is 439 g/mol. The van der Waals surface area contributed by atoms with Crippen LogP contribution < -0.4 is 10.1 Å². The summed E-state index contributed by atoms with van der Waals surface area (Å²) in [5, 5.41) is 7.86. The second kappa shape index (κ2) is 10.2. The summed E-state index contributed by atoms with van der Waals surface area (Å²) in [5.74, 6) is 1.41. The number of rotatable bonds is 8. The number of para-hydroxylation sites is 2. The van der Waals surface area contributed by atoms with Gasteiger partial charge in [-0.2, -0.15) is 5.10 Å². The molecule has 0 radical (unpaired) electrons. The van der Waals surface area contributed by atoms with Crippen molar-refractivity contribution in [2.45, 2.75) is 40.0 Å². The van der Waals surface area contributed by atoms with E-state index in [9.17, 15) is 4.79 Å². The molecule has 33 heavy (non-hydrogen) atoms. The van der Waals surface area contributed by atoms with Crippen molar-refractivity contribution in [1.29, 1.82) is 0 Å². The molecule has 5 heteroatoms. The van der Waals surface area contributed by atoms with Crippen molar-refractivity contribution in [2.24, 2.45) is 0 Å². The Kier molecular flexibility index (Phi) is 6.89. The molecule has 0 aliphatic heterocycles. The van der Waals surface area contributed by atoms with Gasteiger partial charge in [-0.1, -0.05) is 55.5 Å². The molecular formula is C28H29N3O2. The first kappa shape index (κ1) is 22.3. The quantitative estimate of drug-likeness (QED) is 0.345. The lowest BCUT2D eigenvalue weighted by Crippen LogP contribution is -2.13. The molecular weight excluding hydrogens is 410 g/mol. The van der Waals surface area contributed by atoms with E-state index in [1.807, 2.05) is 97.4 Å². The van der Waals surface area contributed by atoms with E-state index in [-0.39, 0.29) is 5.91 Å². The highest BCUT2D eigenvalue weighted by molar-refractivity contribution is 5.91. The van der Waals surface area contributed by atoms with Crippen molar-refractivity contribution in [3.05, 3.63) is 101 Å². The number of benzene rings is 3. The van der Waals surface area contributed by atoms with E-state index in [4.69, 9.17) is 9.84 Å². The average Bonchev–Trinajstić information content (AvgIpc) is 3.17. The lowest BCUT2D eigenvalue weighted by molar-refractivity contribution is -0.116. The number of carbonyl (C=O) groups excluding carboxylic acids is 1. The number of ether oxygens (including phenoxy) is 1. The van der Waals surface area contributed by atoms with Gasteiger partial charge in [-0.25, -0.2) is 4.68 Å². The molecule has 1 amide bonds. The van der Waals surface area contributed by atoms with Crippen LogP contribution in [0.3, 0.4) is 0 Å². The Hall–Kier alpha value is -3.86. The van der Waals surface area contributed by atoms with Gasteiger partial charge >= 0.3 is 0 Å². The van der Waals surface area contributed by atoms with E-state index >= 15 is 0 Å². The topological polar surface area (TPSA) is 56.2 Å². The standard InChI is InChI=1S/C28H29N3O2/c1-4-25-24(17-18-27(32)29-22-13-10-11-20(2)19-22)28(33-26-16-9-8-12-21(26)3)31(30-25)23-14-6-5-7-15-23/h5-16,19H,4,17-18H2,1-3H3,(H,29,32). The number of anilines is 1. The minimum Gasteiger partial charge on any atom is -0.438 e. The van der Waals surface area contributed by atoms with Gasteiger partial charge in [-0.15, -0.1) is 0 Å². The fourth-order valence-corrected chi connectivity index (χ4v) is 3.82. The third-order valence-electron chi connectivity index (χ3n) is 5.56. The highest BCUT2D eigenvalue weighted by Gasteiger charge is 2.21. The maximum atomic E-state index is 12.7. The van der Waals surface area contributed by atoms with Gasteiger partial charge in [0.15, 0.2) is 0 Å². The summed E-state index contributed by atoms with van der Waals surface area (Å²) in [7, 11) is 0. The van der Waals surface area contributed by atoms with Gasteiger partial charge in [-0.05, 0) is 68.1 Å². The Morgan fingerprint density at radius 3 is 2.45 bits per heavy atom. The Bertz CT molecular complexity index is 1250. The molecule has 0 spiro atoms. The van der Waals surface area contributed by atoms with Crippen LogP contribution in [-0.2, 0) is 17.6 Å². The van der Waals surface area contributed by atoms with Crippen LogP contribution in [-0.4, -0.2) is 15.7 Å². The van der Waals surface area contributed by atoms with Gasteiger partial charge in [0.1, 0.15) is 5.75 Å². The molecule has 5 nitrogen and oxygen atoms in total. The van der Waals surface area contributed by atoms with Crippen molar-refractivity contribution < 1.29 is 9.53 Å². The lowest BCUT2D eigenvalue weighted by Gasteiger charge is -2.13. The van der Waals surface area contributed by atoms with Crippen molar-refractivity contribution in [2.75, 3.05) is 5.32 Å². The predicted molar refractivity (Wildman–Crippen MR) is 132 cm³/mol. The molecule has 0 atom stereocenters. The van der Waals surface area contributed by atoms with Crippen molar-refractivity contribution in [1.82, 2.24) is 9.78 Å². The molecule has 4 aromatic rings. The van der Waals surface area contributed by atoms with Crippen LogP contribution in [0.15, 0.2) is 78.9 Å². The second-order valence-electron chi connectivity index (χ2n) is 8.12. The van der Waals surface area contributed by atoms with Gasteiger partial charge in [0.2, 0.25) is 11.8 Å². The zero-order valence-corrected chi connectivity index (χ0v) is 19.3. The molecule has 0 fully saturated rings. The van der Waals surface area contributed by atoms with E-state index < -0.39 is 0 Å². The number of carbonyl (C=O) groups is 1. The van der Waals surface area contributed by atoms with Gasteiger partial charge in [0.05, 0.1) is 11.4 Å². The zero-order chi connectivity index (χ0) is 23.2. The molecule has 1 aromatic heterocycles. The number of nitrogens with zero attached hydrogens (tertiary/aromatic N) is 2. The average molecular weight is 440 g/mol. The van der Waals surface area contributed by atoms with Crippen LogP contribution in [0, 0.1) is 13.8 Å². The molecule has 0 unspecified atom stereocenters. The fourth-order valence-electron chi connectivity index (χ4n) is 3.82. The van der Waals surface area contributed by atoms with Gasteiger partial charge in [-0.3, -0.25) is 4.79 Å². The van der Waals surface area contributed by atoms with E-state index in [1.165, 1.54) is 0 Å². The van der Waals surface area contributed by atoms with Crippen LogP contribution in [0.5, 0.6) is 11.6 Å². The Balaban J connectivity index is 1.65. The van der Waals surface area contributed by atoms with Crippen LogP contribution in [0.25, 0.3) is 5.69 Å². The molecule has 0 bridgehead atoms. The van der Waals surface area contributed by atoms with Gasteiger partial charge in [0, 0.05) is 17.7 Å². The molecule has 4 rings (SSSR count). The Labute approximate surface area is 195 Å². The van der Waals surface area contributed by atoms with E-state index in [1.54, 1.807) is 0 Å². The molecule has 3 aromatic carbocycles. The smallest absolute Gasteiger partial charge is 0.226 e. The van der Waals surface area contributed by atoms with Crippen molar-refractivity contribution in [3.63, 3.8) is 0 Å². The molecule has 1 heterocycles. The van der Waals surface area contributed by atoms with E-state index in [0.717, 1.165) is 45.9 Å². The minimum atomic E-state index is -0.0306. The third-order valence-corrected chi connectivity index (χ3v) is 5.56. The molecule has 0 saturated carbocycles. The van der Waals surface area contributed by atoms with Gasteiger partial charge in [0.25, 0.3) is 0 Å².